The number of piperazine rings is 1. The van der Waals surface area contributed by atoms with E-state index in [-0.39, 0.29) is 43.1 Å². The minimum Gasteiger partial charge on any atom is -0.497 e. The van der Waals surface area contributed by atoms with Gasteiger partial charge >= 0.3 is 0 Å². The maximum atomic E-state index is 14.2. The summed E-state index contributed by atoms with van der Waals surface area (Å²) in [6.45, 7) is 1.05. The number of carbonyl (C=O) groups excluding carboxylic acids is 1. The summed E-state index contributed by atoms with van der Waals surface area (Å²) in [6.07, 6.45) is 1.37. The molecule has 0 radical (unpaired) electrons. The molecule has 1 saturated heterocycles. The van der Waals surface area contributed by atoms with E-state index in [2.05, 4.69) is 10.3 Å². The number of hydrogen-bond acceptors (Lipinski definition) is 7. The van der Waals surface area contributed by atoms with Crippen LogP contribution in [0, 0.1) is 5.95 Å². The molecule has 2 aliphatic heterocycles. The first kappa shape index (κ1) is 24.2. The molecule has 0 saturated carbocycles. The van der Waals surface area contributed by atoms with E-state index in [1.165, 1.54) is 29.7 Å². The summed E-state index contributed by atoms with van der Waals surface area (Å²) in [5.74, 6) is 0.126. The van der Waals surface area contributed by atoms with Crippen molar-refractivity contribution < 1.29 is 27.1 Å². The van der Waals surface area contributed by atoms with E-state index in [1.54, 1.807) is 42.5 Å². The van der Waals surface area contributed by atoms with Gasteiger partial charge in [0.05, 0.1) is 30.3 Å². The number of carbonyl (C=O) groups is 1. The van der Waals surface area contributed by atoms with Crippen molar-refractivity contribution in [3.8, 4) is 22.6 Å². The zero-order chi connectivity index (χ0) is 25.3. The summed E-state index contributed by atoms with van der Waals surface area (Å²) >= 11 is 0. The number of halogens is 1. The standard InChI is InChI=1S/C25H25FN4O5S/c1-34-19-5-7-20(8-6-19)36(32,33)30-12-11-29-15-24(31)28-22-13-17(21-3-2-10-27-25(21)26)4-9-23(22)35-16-18(29)14-30/h2-10,13,18H,11-12,14-16H2,1H3,(H,28,31)/t18-/m1/s1. The topological polar surface area (TPSA) is 101 Å². The molecule has 0 aliphatic carbocycles. The molecule has 0 spiro atoms. The number of fused-ring (bicyclic) bond motifs is 2. The summed E-state index contributed by atoms with van der Waals surface area (Å²) in [5, 5.41) is 2.85. The summed E-state index contributed by atoms with van der Waals surface area (Å²) in [6, 6.07) is 14.2. The van der Waals surface area contributed by atoms with Gasteiger partial charge in [-0.05, 0) is 54.1 Å². The van der Waals surface area contributed by atoms with Gasteiger partial charge in [0.1, 0.15) is 18.1 Å². The van der Waals surface area contributed by atoms with Gasteiger partial charge in [0.25, 0.3) is 0 Å². The van der Waals surface area contributed by atoms with E-state index in [0.717, 1.165) is 0 Å². The average Bonchev–Trinajstić information content (AvgIpc) is 2.95. The minimum absolute atomic E-state index is 0.0787. The number of methoxy groups -OCH3 is 1. The highest BCUT2D eigenvalue weighted by Crippen LogP contribution is 2.33. The van der Waals surface area contributed by atoms with E-state index in [0.29, 0.717) is 34.9 Å². The van der Waals surface area contributed by atoms with Gasteiger partial charge in [0.15, 0.2) is 0 Å². The van der Waals surface area contributed by atoms with Crippen molar-refractivity contribution in [2.45, 2.75) is 10.9 Å². The van der Waals surface area contributed by atoms with Crippen molar-refractivity contribution in [1.29, 1.82) is 0 Å². The monoisotopic (exact) mass is 512 g/mol. The fourth-order valence-electron chi connectivity index (χ4n) is 4.43. The molecule has 2 aliphatic rings. The van der Waals surface area contributed by atoms with Gasteiger partial charge in [0, 0.05) is 31.4 Å². The van der Waals surface area contributed by atoms with Crippen molar-refractivity contribution in [3.05, 3.63) is 66.7 Å². The average molecular weight is 513 g/mol. The van der Waals surface area contributed by atoms with Gasteiger partial charge in [-0.1, -0.05) is 6.07 Å². The molecule has 2 aromatic carbocycles. The first-order valence-corrected chi connectivity index (χ1v) is 12.8. The Bertz CT molecular complexity index is 1380. The number of hydrogen-bond donors (Lipinski definition) is 1. The molecule has 11 heteroatoms. The lowest BCUT2D eigenvalue weighted by Gasteiger charge is -2.39. The number of rotatable bonds is 4. The SMILES string of the molecule is COc1ccc(S(=O)(=O)N2CCN3CC(=O)Nc4cc(-c5cccnc5F)ccc4OC[C@H]3C2)cc1. The van der Waals surface area contributed by atoms with Crippen molar-refractivity contribution in [3.63, 3.8) is 0 Å². The van der Waals surface area contributed by atoms with Crippen LogP contribution in [0.15, 0.2) is 65.7 Å². The quantitative estimate of drug-likeness (QED) is 0.537. The molecule has 0 unspecified atom stereocenters. The third-order valence-corrected chi connectivity index (χ3v) is 8.25. The highest BCUT2D eigenvalue weighted by molar-refractivity contribution is 7.89. The van der Waals surface area contributed by atoms with Crippen LogP contribution in [0.1, 0.15) is 0 Å². The fraction of sp³-hybridized carbons (Fsp3) is 0.280. The van der Waals surface area contributed by atoms with Gasteiger partial charge in [-0.3, -0.25) is 9.69 Å². The Labute approximate surface area is 208 Å². The molecule has 1 aromatic heterocycles. The summed E-state index contributed by atoms with van der Waals surface area (Å²) in [5.41, 5.74) is 1.28. The second-order valence-electron chi connectivity index (χ2n) is 8.57. The third kappa shape index (κ3) is 4.77. The third-order valence-electron chi connectivity index (χ3n) is 6.37. The molecular weight excluding hydrogens is 487 g/mol. The molecule has 3 aromatic rings. The number of anilines is 1. The second kappa shape index (κ2) is 9.84. The minimum atomic E-state index is -3.73. The molecule has 5 rings (SSSR count). The fourth-order valence-corrected chi connectivity index (χ4v) is 5.90. The molecule has 1 fully saturated rings. The molecule has 188 valence electrons. The number of nitrogens with one attached hydrogen (secondary N) is 1. The predicted molar refractivity (Wildman–Crippen MR) is 131 cm³/mol. The van der Waals surface area contributed by atoms with Crippen molar-refractivity contribution >= 4 is 21.6 Å². The maximum Gasteiger partial charge on any atom is 0.243 e. The normalized spacial score (nSPS) is 19.1. The van der Waals surface area contributed by atoms with Crippen LogP contribution in [-0.4, -0.2) is 74.5 Å². The molecular formula is C25H25FN4O5S. The van der Waals surface area contributed by atoms with E-state index in [9.17, 15) is 17.6 Å². The van der Waals surface area contributed by atoms with Crippen molar-refractivity contribution in [2.24, 2.45) is 0 Å². The number of amides is 1. The van der Waals surface area contributed by atoms with Gasteiger partial charge < -0.3 is 14.8 Å². The maximum absolute atomic E-state index is 14.2. The number of benzene rings is 2. The van der Waals surface area contributed by atoms with Crippen LogP contribution in [-0.2, 0) is 14.8 Å². The molecule has 36 heavy (non-hydrogen) atoms. The van der Waals surface area contributed by atoms with Crippen LogP contribution in [0.3, 0.4) is 0 Å². The van der Waals surface area contributed by atoms with E-state index in [4.69, 9.17) is 9.47 Å². The zero-order valence-corrected chi connectivity index (χ0v) is 20.4. The molecule has 0 bridgehead atoms. The van der Waals surface area contributed by atoms with Crippen LogP contribution < -0.4 is 14.8 Å². The highest BCUT2D eigenvalue weighted by atomic mass is 32.2. The summed E-state index contributed by atoms with van der Waals surface area (Å²) in [4.78, 5) is 18.6. The Morgan fingerprint density at radius 2 is 1.94 bits per heavy atom. The second-order valence-corrected chi connectivity index (χ2v) is 10.5. The first-order valence-electron chi connectivity index (χ1n) is 11.4. The highest BCUT2D eigenvalue weighted by Gasteiger charge is 2.36. The van der Waals surface area contributed by atoms with E-state index >= 15 is 0 Å². The zero-order valence-electron chi connectivity index (χ0n) is 19.6. The smallest absolute Gasteiger partial charge is 0.243 e. The number of pyridine rings is 1. The van der Waals surface area contributed by atoms with Crippen LogP contribution in [0.4, 0.5) is 10.1 Å². The molecule has 3 heterocycles. The number of aromatic nitrogens is 1. The molecule has 1 atom stereocenters. The van der Waals surface area contributed by atoms with Gasteiger partial charge in [-0.15, -0.1) is 0 Å². The van der Waals surface area contributed by atoms with Crippen molar-refractivity contribution in [1.82, 2.24) is 14.2 Å². The Hall–Kier alpha value is -3.54. The van der Waals surface area contributed by atoms with E-state index < -0.39 is 16.0 Å². The first-order chi connectivity index (χ1) is 17.3. The predicted octanol–water partition coefficient (Wildman–Crippen LogP) is 2.60. The summed E-state index contributed by atoms with van der Waals surface area (Å²) in [7, 11) is -2.21. The summed E-state index contributed by atoms with van der Waals surface area (Å²) < 4.78 is 53.3. The lowest BCUT2D eigenvalue weighted by atomic mass is 10.1. The molecule has 1 N–H and O–H groups in total. The van der Waals surface area contributed by atoms with Crippen LogP contribution in [0.2, 0.25) is 0 Å². The lowest BCUT2D eigenvalue weighted by Crippen LogP contribution is -2.57. The van der Waals surface area contributed by atoms with Crippen LogP contribution in [0.5, 0.6) is 11.5 Å². The number of sulfonamides is 1. The Morgan fingerprint density at radius 3 is 2.69 bits per heavy atom. The Kier molecular flexibility index (Phi) is 6.61. The van der Waals surface area contributed by atoms with Gasteiger partial charge in [0.2, 0.25) is 21.9 Å². The largest absolute Gasteiger partial charge is 0.497 e. The molecule has 9 nitrogen and oxygen atoms in total. The Morgan fingerprint density at radius 1 is 1.14 bits per heavy atom. The number of ether oxygens (including phenoxy) is 2. The van der Waals surface area contributed by atoms with Crippen molar-refractivity contribution in [2.75, 3.05) is 45.2 Å². The lowest BCUT2D eigenvalue weighted by molar-refractivity contribution is -0.118. The van der Waals surface area contributed by atoms with Gasteiger partial charge in [-0.2, -0.15) is 8.70 Å². The van der Waals surface area contributed by atoms with Gasteiger partial charge in [-0.25, -0.2) is 13.4 Å². The van der Waals surface area contributed by atoms with E-state index in [1.807, 2.05) is 4.90 Å². The Balaban J connectivity index is 1.37. The van der Waals surface area contributed by atoms with Crippen LogP contribution >= 0.6 is 0 Å². The molecule has 1 amide bonds. The number of nitrogens with zero attached hydrogens (tertiary/aromatic N) is 3. The van der Waals surface area contributed by atoms with Crippen LogP contribution in [0.25, 0.3) is 11.1 Å².